The van der Waals surface area contributed by atoms with Gasteiger partial charge in [-0.15, -0.1) is 0 Å². The summed E-state index contributed by atoms with van der Waals surface area (Å²) in [6.45, 7) is 0. The Morgan fingerprint density at radius 1 is 0.917 bits per heavy atom. The van der Waals surface area contributed by atoms with Gasteiger partial charge in [0.15, 0.2) is 11.5 Å². The van der Waals surface area contributed by atoms with Crippen molar-refractivity contribution in [1.29, 1.82) is 0 Å². The van der Waals surface area contributed by atoms with Crippen molar-refractivity contribution in [3.8, 4) is 34.1 Å². The maximum Gasteiger partial charge on any atom is 0.161 e. The van der Waals surface area contributed by atoms with E-state index in [1.165, 1.54) is 16.7 Å². The molecule has 0 atom stereocenters. The lowest BCUT2D eigenvalue weighted by Gasteiger charge is -2.14. The number of aryl methyl sites for hydroxylation is 1. The summed E-state index contributed by atoms with van der Waals surface area (Å²) in [7, 11) is 3.27. The SMILES string of the molecule is COc1ccc(-c2oc3c(c2Br)CCc2ccccc2-3)cc1OC. The summed E-state index contributed by atoms with van der Waals surface area (Å²) in [4.78, 5) is 0. The third kappa shape index (κ3) is 2.33. The van der Waals surface area contributed by atoms with E-state index >= 15 is 0 Å². The van der Waals surface area contributed by atoms with Crippen LogP contribution in [-0.2, 0) is 12.8 Å². The van der Waals surface area contributed by atoms with Crippen LogP contribution in [0.5, 0.6) is 11.5 Å². The molecule has 1 heterocycles. The van der Waals surface area contributed by atoms with E-state index in [2.05, 4.69) is 40.2 Å². The van der Waals surface area contributed by atoms with Crippen LogP contribution >= 0.6 is 15.9 Å². The Labute approximate surface area is 149 Å². The fourth-order valence-corrected chi connectivity index (χ4v) is 3.96. The molecule has 24 heavy (non-hydrogen) atoms. The lowest BCUT2D eigenvalue weighted by Crippen LogP contribution is -2.01. The van der Waals surface area contributed by atoms with E-state index in [0.717, 1.165) is 34.4 Å². The molecular weight excluding hydrogens is 368 g/mol. The maximum absolute atomic E-state index is 6.28. The Hall–Kier alpha value is -2.20. The molecule has 122 valence electrons. The van der Waals surface area contributed by atoms with Gasteiger partial charge in [-0.3, -0.25) is 0 Å². The van der Waals surface area contributed by atoms with Gasteiger partial charge >= 0.3 is 0 Å². The largest absolute Gasteiger partial charge is 0.493 e. The van der Waals surface area contributed by atoms with Crippen LogP contribution in [0.2, 0.25) is 0 Å². The minimum atomic E-state index is 0.691. The van der Waals surface area contributed by atoms with Gasteiger partial charge < -0.3 is 13.9 Å². The highest BCUT2D eigenvalue weighted by atomic mass is 79.9. The predicted molar refractivity (Wildman–Crippen MR) is 97.8 cm³/mol. The number of halogens is 1. The Morgan fingerprint density at radius 3 is 2.50 bits per heavy atom. The number of fused-ring (bicyclic) bond motifs is 3. The van der Waals surface area contributed by atoms with Crippen molar-refractivity contribution in [2.45, 2.75) is 12.8 Å². The lowest BCUT2D eigenvalue weighted by molar-refractivity contribution is 0.355. The summed E-state index contributed by atoms with van der Waals surface area (Å²) >= 11 is 3.74. The third-order valence-corrected chi connectivity index (χ3v) is 5.33. The molecule has 1 aromatic heterocycles. The van der Waals surface area contributed by atoms with Crippen LogP contribution in [0.3, 0.4) is 0 Å². The second kappa shape index (κ2) is 6.02. The first-order valence-electron chi connectivity index (χ1n) is 7.84. The van der Waals surface area contributed by atoms with Gasteiger partial charge in [-0.05, 0) is 52.5 Å². The molecule has 1 aliphatic rings. The highest BCUT2D eigenvalue weighted by Gasteiger charge is 2.26. The van der Waals surface area contributed by atoms with Crippen LogP contribution in [0.1, 0.15) is 11.1 Å². The Bertz CT molecular complexity index is 911. The van der Waals surface area contributed by atoms with Gasteiger partial charge in [-0.25, -0.2) is 0 Å². The van der Waals surface area contributed by atoms with Crippen LogP contribution in [0, 0.1) is 0 Å². The molecule has 0 bridgehead atoms. The van der Waals surface area contributed by atoms with E-state index in [0.29, 0.717) is 11.5 Å². The van der Waals surface area contributed by atoms with Gasteiger partial charge in [0.25, 0.3) is 0 Å². The van der Waals surface area contributed by atoms with E-state index in [4.69, 9.17) is 13.9 Å². The molecule has 0 aliphatic heterocycles. The quantitative estimate of drug-likeness (QED) is 0.597. The molecule has 4 rings (SSSR count). The zero-order valence-electron chi connectivity index (χ0n) is 13.6. The number of benzene rings is 2. The molecule has 0 amide bonds. The summed E-state index contributed by atoms with van der Waals surface area (Å²) in [6.07, 6.45) is 2.01. The second-order valence-corrected chi connectivity index (χ2v) is 6.57. The van der Waals surface area contributed by atoms with Gasteiger partial charge in [-0.1, -0.05) is 24.3 Å². The number of methoxy groups -OCH3 is 2. The van der Waals surface area contributed by atoms with E-state index in [9.17, 15) is 0 Å². The zero-order valence-corrected chi connectivity index (χ0v) is 15.1. The Balaban J connectivity index is 1.86. The Morgan fingerprint density at radius 2 is 1.71 bits per heavy atom. The minimum absolute atomic E-state index is 0.691. The first-order chi connectivity index (χ1) is 11.7. The molecule has 0 radical (unpaired) electrons. The molecule has 3 nitrogen and oxygen atoms in total. The van der Waals surface area contributed by atoms with Crippen LogP contribution in [0.15, 0.2) is 51.4 Å². The lowest BCUT2D eigenvalue weighted by atomic mass is 9.91. The molecule has 0 saturated heterocycles. The molecule has 0 N–H and O–H groups in total. The fourth-order valence-electron chi connectivity index (χ4n) is 3.27. The van der Waals surface area contributed by atoms with Gasteiger partial charge in [-0.2, -0.15) is 0 Å². The molecule has 1 aliphatic carbocycles. The first-order valence-corrected chi connectivity index (χ1v) is 8.64. The predicted octanol–water partition coefficient (Wildman–Crippen LogP) is 5.49. The van der Waals surface area contributed by atoms with Crippen LogP contribution in [0.25, 0.3) is 22.6 Å². The Kier molecular flexibility index (Phi) is 3.85. The molecule has 0 unspecified atom stereocenters. The number of furan rings is 1. The number of hydrogen-bond donors (Lipinski definition) is 0. The number of rotatable bonds is 3. The second-order valence-electron chi connectivity index (χ2n) is 5.78. The first kappa shape index (κ1) is 15.3. The molecule has 0 fully saturated rings. The molecule has 4 heteroatoms. The summed E-state index contributed by atoms with van der Waals surface area (Å²) in [5, 5.41) is 0. The highest BCUT2D eigenvalue weighted by molar-refractivity contribution is 9.10. The highest BCUT2D eigenvalue weighted by Crippen LogP contribution is 2.45. The van der Waals surface area contributed by atoms with E-state index in [1.54, 1.807) is 14.2 Å². The van der Waals surface area contributed by atoms with Crippen molar-refractivity contribution < 1.29 is 13.9 Å². The van der Waals surface area contributed by atoms with Crippen molar-refractivity contribution >= 4 is 15.9 Å². The monoisotopic (exact) mass is 384 g/mol. The number of ether oxygens (including phenoxy) is 2. The standard InChI is InChI=1S/C20H17BrO3/c1-22-16-10-8-13(11-17(16)23-2)19-18(21)15-9-7-12-5-3-4-6-14(12)20(15)24-19/h3-6,8,10-11H,7,9H2,1-2H3. The van der Waals surface area contributed by atoms with Crippen molar-refractivity contribution in [3.63, 3.8) is 0 Å². The summed E-state index contributed by atoms with van der Waals surface area (Å²) in [6, 6.07) is 14.3. The van der Waals surface area contributed by atoms with Crippen LogP contribution in [0.4, 0.5) is 0 Å². The number of hydrogen-bond acceptors (Lipinski definition) is 3. The average molecular weight is 385 g/mol. The summed E-state index contributed by atoms with van der Waals surface area (Å²) in [5.74, 6) is 3.20. The minimum Gasteiger partial charge on any atom is -0.493 e. The van der Waals surface area contributed by atoms with Gasteiger partial charge in [0, 0.05) is 16.7 Å². The van der Waals surface area contributed by atoms with Crippen molar-refractivity contribution in [2.24, 2.45) is 0 Å². The molecule has 0 spiro atoms. The van der Waals surface area contributed by atoms with E-state index < -0.39 is 0 Å². The maximum atomic E-state index is 6.28. The molecule has 0 saturated carbocycles. The third-order valence-electron chi connectivity index (χ3n) is 4.49. The van der Waals surface area contributed by atoms with E-state index in [-0.39, 0.29) is 0 Å². The van der Waals surface area contributed by atoms with Crippen molar-refractivity contribution in [2.75, 3.05) is 14.2 Å². The van der Waals surface area contributed by atoms with E-state index in [1.807, 2.05) is 18.2 Å². The molecule has 3 aromatic rings. The van der Waals surface area contributed by atoms with Crippen molar-refractivity contribution in [1.82, 2.24) is 0 Å². The summed E-state index contributed by atoms with van der Waals surface area (Å²) < 4.78 is 18.0. The van der Waals surface area contributed by atoms with Gasteiger partial charge in [0.2, 0.25) is 0 Å². The normalized spacial score (nSPS) is 12.5. The zero-order chi connectivity index (χ0) is 16.7. The molecular formula is C20H17BrO3. The smallest absolute Gasteiger partial charge is 0.161 e. The van der Waals surface area contributed by atoms with Crippen LogP contribution < -0.4 is 9.47 Å². The summed E-state index contributed by atoms with van der Waals surface area (Å²) in [5.41, 5.74) is 4.72. The van der Waals surface area contributed by atoms with Crippen LogP contribution in [-0.4, -0.2) is 14.2 Å². The fraction of sp³-hybridized carbons (Fsp3) is 0.200. The van der Waals surface area contributed by atoms with Crippen molar-refractivity contribution in [3.05, 3.63) is 58.1 Å². The topological polar surface area (TPSA) is 31.6 Å². The van der Waals surface area contributed by atoms with Gasteiger partial charge in [0.05, 0.1) is 18.7 Å². The average Bonchev–Trinajstić information content (AvgIpc) is 2.98. The molecule has 2 aromatic carbocycles. The van der Waals surface area contributed by atoms with Gasteiger partial charge in [0.1, 0.15) is 11.5 Å².